The molecule has 1 fully saturated rings. The molecule has 0 saturated carbocycles. The number of anilines is 1. The van der Waals surface area contributed by atoms with Gasteiger partial charge in [-0.15, -0.1) is 0 Å². The van der Waals surface area contributed by atoms with E-state index in [0.717, 1.165) is 59.7 Å². The number of piperazine rings is 1. The molecule has 1 unspecified atom stereocenters. The fourth-order valence-corrected chi connectivity index (χ4v) is 3.86. The van der Waals surface area contributed by atoms with Gasteiger partial charge in [-0.05, 0) is 41.8 Å². The van der Waals surface area contributed by atoms with E-state index in [0.29, 0.717) is 11.9 Å². The topological polar surface area (TPSA) is 79.4 Å². The fourth-order valence-electron chi connectivity index (χ4n) is 3.86. The molecule has 3 N–H and O–H groups in total. The second-order valence-corrected chi connectivity index (χ2v) is 7.36. The van der Waals surface area contributed by atoms with Crippen molar-refractivity contribution >= 4 is 28.4 Å². The van der Waals surface area contributed by atoms with Crippen LogP contribution in [0.3, 0.4) is 0 Å². The number of amidine groups is 1. The molecular weight excluding hydrogens is 336 g/mol. The first kappa shape index (κ1) is 16.2. The standard InChI is InChI=1S/C21H22N6/c1-13-12-27(7-6-23-13)21-11-24-17-5-4-15(9-19(17)26-21)14-2-3-16-10-20(22)25-18(16)8-14/h2-5,8-9,11,13,23H,6-7,10,12H2,1H3,(H2,22,25). The molecule has 2 aliphatic rings. The van der Waals surface area contributed by atoms with Crippen LogP contribution >= 0.6 is 0 Å². The van der Waals surface area contributed by atoms with Crippen molar-refractivity contribution < 1.29 is 0 Å². The van der Waals surface area contributed by atoms with Gasteiger partial charge in [0.25, 0.3) is 0 Å². The number of nitrogens with two attached hydrogens (primary N) is 1. The number of nitrogens with zero attached hydrogens (tertiary/aromatic N) is 4. The molecule has 2 aromatic carbocycles. The molecule has 1 atom stereocenters. The van der Waals surface area contributed by atoms with Gasteiger partial charge in [0.05, 0.1) is 22.9 Å². The normalized spacial score (nSPS) is 19.2. The fraction of sp³-hybridized carbons (Fsp3) is 0.286. The highest BCUT2D eigenvalue weighted by Crippen LogP contribution is 2.32. The molecule has 0 spiro atoms. The summed E-state index contributed by atoms with van der Waals surface area (Å²) in [5, 5.41) is 3.46. The number of hydrogen-bond donors (Lipinski definition) is 2. The summed E-state index contributed by atoms with van der Waals surface area (Å²) in [7, 11) is 0. The van der Waals surface area contributed by atoms with Gasteiger partial charge in [-0.1, -0.05) is 18.2 Å². The monoisotopic (exact) mass is 358 g/mol. The number of aromatic nitrogens is 2. The minimum absolute atomic E-state index is 0.460. The first-order valence-electron chi connectivity index (χ1n) is 9.37. The van der Waals surface area contributed by atoms with Gasteiger partial charge < -0.3 is 16.0 Å². The summed E-state index contributed by atoms with van der Waals surface area (Å²) in [5.74, 6) is 1.63. The second-order valence-electron chi connectivity index (χ2n) is 7.36. The Labute approximate surface area is 158 Å². The predicted molar refractivity (Wildman–Crippen MR) is 110 cm³/mol. The van der Waals surface area contributed by atoms with Crippen molar-refractivity contribution in [2.24, 2.45) is 10.7 Å². The SMILES string of the molecule is CC1CN(c2cnc3ccc(-c4ccc5c(c4)N=C(N)C5)cc3n2)CCN1. The van der Waals surface area contributed by atoms with Crippen LogP contribution < -0.4 is 16.0 Å². The number of rotatable bonds is 2. The van der Waals surface area contributed by atoms with Crippen LogP contribution in [-0.4, -0.2) is 41.5 Å². The Kier molecular flexibility index (Phi) is 3.79. The quantitative estimate of drug-likeness (QED) is 0.736. The first-order valence-corrected chi connectivity index (χ1v) is 9.37. The third kappa shape index (κ3) is 3.02. The van der Waals surface area contributed by atoms with Crippen LogP contribution in [0.4, 0.5) is 11.5 Å². The van der Waals surface area contributed by atoms with Gasteiger partial charge in [-0.2, -0.15) is 0 Å². The summed E-state index contributed by atoms with van der Waals surface area (Å²) in [6.07, 6.45) is 2.62. The Balaban J connectivity index is 1.52. The van der Waals surface area contributed by atoms with E-state index >= 15 is 0 Å². The van der Waals surface area contributed by atoms with Crippen LogP contribution in [0.5, 0.6) is 0 Å². The molecule has 2 aliphatic heterocycles. The van der Waals surface area contributed by atoms with Crippen LogP contribution in [0.1, 0.15) is 12.5 Å². The molecule has 0 bridgehead atoms. The summed E-state index contributed by atoms with van der Waals surface area (Å²) in [4.78, 5) is 16.2. The molecule has 0 radical (unpaired) electrons. The molecule has 27 heavy (non-hydrogen) atoms. The lowest BCUT2D eigenvalue weighted by Gasteiger charge is -2.32. The van der Waals surface area contributed by atoms with Gasteiger partial charge in [-0.25, -0.2) is 9.98 Å². The van der Waals surface area contributed by atoms with Crippen molar-refractivity contribution in [3.05, 3.63) is 48.2 Å². The molecule has 136 valence electrons. The molecule has 6 heteroatoms. The van der Waals surface area contributed by atoms with E-state index in [1.54, 1.807) is 0 Å². The minimum atomic E-state index is 0.460. The summed E-state index contributed by atoms with van der Waals surface area (Å²) in [6, 6.07) is 13.0. The zero-order valence-corrected chi connectivity index (χ0v) is 15.3. The highest BCUT2D eigenvalue weighted by molar-refractivity contribution is 5.92. The van der Waals surface area contributed by atoms with E-state index in [2.05, 4.69) is 57.4 Å². The molecule has 3 heterocycles. The van der Waals surface area contributed by atoms with Crippen LogP contribution in [0.15, 0.2) is 47.6 Å². The van der Waals surface area contributed by atoms with Crippen LogP contribution in [0, 0.1) is 0 Å². The molecular formula is C21H22N6. The van der Waals surface area contributed by atoms with Crippen molar-refractivity contribution in [3.8, 4) is 11.1 Å². The largest absolute Gasteiger partial charge is 0.387 e. The van der Waals surface area contributed by atoms with Gasteiger partial charge in [0.2, 0.25) is 0 Å². The summed E-state index contributed by atoms with van der Waals surface area (Å²) in [6.45, 7) is 5.07. The summed E-state index contributed by atoms with van der Waals surface area (Å²) in [5.41, 5.74) is 12.1. The van der Waals surface area contributed by atoms with E-state index in [1.165, 1.54) is 5.56 Å². The second kappa shape index (κ2) is 6.32. The van der Waals surface area contributed by atoms with E-state index in [1.807, 2.05) is 12.3 Å². The third-order valence-electron chi connectivity index (χ3n) is 5.28. The Morgan fingerprint density at radius 3 is 2.85 bits per heavy atom. The highest BCUT2D eigenvalue weighted by atomic mass is 15.2. The van der Waals surface area contributed by atoms with E-state index in [4.69, 9.17) is 10.7 Å². The van der Waals surface area contributed by atoms with Crippen molar-refractivity contribution in [2.45, 2.75) is 19.4 Å². The molecule has 6 nitrogen and oxygen atoms in total. The molecule has 5 rings (SSSR count). The number of hydrogen-bond acceptors (Lipinski definition) is 6. The van der Waals surface area contributed by atoms with Gasteiger partial charge in [0.15, 0.2) is 0 Å². The molecule has 3 aromatic rings. The first-order chi connectivity index (χ1) is 13.2. The van der Waals surface area contributed by atoms with E-state index in [-0.39, 0.29) is 0 Å². The van der Waals surface area contributed by atoms with E-state index < -0.39 is 0 Å². The Hall–Kier alpha value is -2.99. The van der Waals surface area contributed by atoms with Crippen molar-refractivity contribution in [3.63, 3.8) is 0 Å². The van der Waals surface area contributed by atoms with Gasteiger partial charge in [0.1, 0.15) is 11.7 Å². The van der Waals surface area contributed by atoms with Crippen LogP contribution in [0.2, 0.25) is 0 Å². The number of fused-ring (bicyclic) bond motifs is 2. The maximum Gasteiger partial charge on any atom is 0.147 e. The van der Waals surface area contributed by atoms with Gasteiger partial charge >= 0.3 is 0 Å². The van der Waals surface area contributed by atoms with Crippen molar-refractivity contribution in [1.82, 2.24) is 15.3 Å². The van der Waals surface area contributed by atoms with E-state index in [9.17, 15) is 0 Å². The lowest BCUT2D eigenvalue weighted by Crippen LogP contribution is -2.49. The van der Waals surface area contributed by atoms with Crippen LogP contribution in [-0.2, 0) is 6.42 Å². The molecule has 1 aromatic heterocycles. The minimum Gasteiger partial charge on any atom is -0.387 e. The number of benzene rings is 2. The van der Waals surface area contributed by atoms with Crippen LogP contribution in [0.25, 0.3) is 22.2 Å². The lowest BCUT2D eigenvalue weighted by atomic mass is 10.0. The van der Waals surface area contributed by atoms with Gasteiger partial charge in [-0.3, -0.25) is 4.98 Å². The predicted octanol–water partition coefficient (Wildman–Crippen LogP) is 2.64. The number of aliphatic imine (C=N–C) groups is 1. The smallest absolute Gasteiger partial charge is 0.147 e. The maximum absolute atomic E-state index is 5.87. The van der Waals surface area contributed by atoms with Crippen molar-refractivity contribution in [2.75, 3.05) is 24.5 Å². The summed E-state index contributed by atoms with van der Waals surface area (Å²) >= 11 is 0. The molecule has 1 saturated heterocycles. The Morgan fingerprint density at radius 2 is 1.96 bits per heavy atom. The maximum atomic E-state index is 5.87. The average molecular weight is 358 g/mol. The van der Waals surface area contributed by atoms with Gasteiger partial charge in [0, 0.05) is 32.1 Å². The Morgan fingerprint density at radius 1 is 1.11 bits per heavy atom. The zero-order valence-electron chi connectivity index (χ0n) is 15.3. The number of nitrogens with one attached hydrogen (secondary N) is 1. The van der Waals surface area contributed by atoms with Crippen molar-refractivity contribution in [1.29, 1.82) is 0 Å². The summed E-state index contributed by atoms with van der Waals surface area (Å²) < 4.78 is 0. The molecule has 0 aliphatic carbocycles. The highest BCUT2D eigenvalue weighted by Gasteiger charge is 2.18. The average Bonchev–Trinajstić information content (AvgIpc) is 3.06. The Bertz CT molecular complexity index is 1060. The zero-order chi connectivity index (χ0) is 18.4. The molecule has 0 amide bonds. The third-order valence-corrected chi connectivity index (χ3v) is 5.28. The lowest BCUT2D eigenvalue weighted by molar-refractivity contribution is 0.482.